The molecule has 1 aromatic carbocycles. The lowest BCUT2D eigenvalue weighted by molar-refractivity contribution is 0.0636. The van der Waals surface area contributed by atoms with Gasteiger partial charge >= 0.3 is 0 Å². The maximum Gasteiger partial charge on any atom is 0.290 e. The molecule has 30 heavy (non-hydrogen) atoms. The van der Waals surface area contributed by atoms with E-state index < -0.39 is 0 Å². The highest BCUT2D eigenvalue weighted by molar-refractivity contribution is 5.93. The fourth-order valence-corrected chi connectivity index (χ4v) is 3.33. The molecule has 0 aliphatic rings. The van der Waals surface area contributed by atoms with Crippen LogP contribution < -0.4 is 4.74 Å². The second-order valence-electron chi connectivity index (χ2n) is 8.62. The molecule has 0 fully saturated rings. The maximum atomic E-state index is 13.6. The zero-order chi connectivity index (χ0) is 21.9. The van der Waals surface area contributed by atoms with Crippen molar-refractivity contribution in [2.45, 2.75) is 52.6 Å². The molecule has 0 saturated carbocycles. The van der Waals surface area contributed by atoms with Crippen molar-refractivity contribution in [1.29, 1.82) is 0 Å². The molecule has 0 saturated heterocycles. The van der Waals surface area contributed by atoms with E-state index in [9.17, 15) is 4.79 Å². The van der Waals surface area contributed by atoms with Crippen LogP contribution >= 0.6 is 0 Å². The van der Waals surface area contributed by atoms with Crippen LogP contribution in [0.1, 0.15) is 66.7 Å². The predicted molar refractivity (Wildman–Crippen MR) is 118 cm³/mol. The molecule has 0 radical (unpaired) electrons. The third-order valence-electron chi connectivity index (χ3n) is 5.25. The summed E-state index contributed by atoms with van der Waals surface area (Å²) in [7, 11) is 1.64. The molecule has 0 aliphatic heterocycles. The quantitative estimate of drug-likeness (QED) is 0.527. The number of methoxy groups -OCH3 is 1. The molecule has 158 valence electrons. The summed E-state index contributed by atoms with van der Waals surface area (Å²) < 4.78 is 11.3. The fourth-order valence-electron chi connectivity index (χ4n) is 3.33. The molecule has 1 atom stereocenters. The van der Waals surface area contributed by atoms with Gasteiger partial charge in [-0.25, -0.2) is 0 Å². The highest BCUT2D eigenvalue weighted by Crippen LogP contribution is 2.31. The van der Waals surface area contributed by atoms with E-state index in [1.165, 1.54) is 0 Å². The molecule has 1 amide bonds. The first-order valence-corrected chi connectivity index (χ1v) is 10.2. The minimum atomic E-state index is -0.168. The van der Waals surface area contributed by atoms with E-state index >= 15 is 0 Å². The van der Waals surface area contributed by atoms with Crippen LogP contribution in [0.5, 0.6) is 5.75 Å². The number of furan rings is 1. The molecule has 2 aromatic heterocycles. The van der Waals surface area contributed by atoms with Crippen molar-refractivity contribution < 1.29 is 13.9 Å². The predicted octanol–water partition coefficient (Wildman–Crippen LogP) is 5.69. The average molecular weight is 407 g/mol. The summed E-state index contributed by atoms with van der Waals surface area (Å²) in [6, 6.07) is 13.5. The summed E-state index contributed by atoms with van der Waals surface area (Å²) in [6.45, 7) is 10.6. The monoisotopic (exact) mass is 406 g/mol. The van der Waals surface area contributed by atoms with Gasteiger partial charge in [0.15, 0.2) is 5.76 Å². The van der Waals surface area contributed by atoms with E-state index in [1.807, 2.05) is 61.2 Å². The topological polar surface area (TPSA) is 55.6 Å². The summed E-state index contributed by atoms with van der Waals surface area (Å²) in [5.41, 5.74) is 2.67. The highest BCUT2D eigenvalue weighted by Gasteiger charge is 2.29. The molecule has 5 heteroatoms. The van der Waals surface area contributed by atoms with E-state index in [-0.39, 0.29) is 17.4 Å². The normalized spacial score (nSPS) is 12.5. The number of carbonyl (C=O) groups is 1. The Balaban J connectivity index is 1.98. The molecular formula is C25H30N2O3. The summed E-state index contributed by atoms with van der Waals surface area (Å²) in [6.07, 6.45) is 3.52. The SMILES string of the molecule is COc1ccc(C(C)N(Cc2cccnc2)C(=O)c2oc(C(C)(C)C)cc2C)cc1. The van der Waals surface area contributed by atoms with Crippen LogP contribution in [0.2, 0.25) is 0 Å². The maximum absolute atomic E-state index is 13.6. The highest BCUT2D eigenvalue weighted by atomic mass is 16.5. The standard InChI is InChI=1S/C25H30N2O3/c1-17-14-22(25(3,4)5)30-23(17)24(28)27(16-19-8-7-13-26-15-19)18(2)20-9-11-21(29-6)12-10-20/h7-15,18H,16H2,1-6H3. The first kappa shape index (κ1) is 21.6. The molecule has 0 N–H and O–H groups in total. The Morgan fingerprint density at radius 1 is 1.20 bits per heavy atom. The van der Waals surface area contributed by atoms with Crippen LogP contribution in [-0.2, 0) is 12.0 Å². The second kappa shape index (κ2) is 8.74. The number of amides is 1. The number of carbonyl (C=O) groups excluding carboxylic acids is 1. The van der Waals surface area contributed by atoms with Gasteiger partial charge in [-0.05, 0) is 49.2 Å². The van der Waals surface area contributed by atoms with Crippen LogP contribution in [-0.4, -0.2) is 22.9 Å². The Hall–Kier alpha value is -3.08. The van der Waals surface area contributed by atoms with Crippen molar-refractivity contribution in [2.24, 2.45) is 0 Å². The largest absolute Gasteiger partial charge is 0.497 e. The number of rotatable bonds is 6. The van der Waals surface area contributed by atoms with Crippen LogP contribution in [0.3, 0.4) is 0 Å². The third-order valence-corrected chi connectivity index (χ3v) is 5.25. The van der Waals surface area contributed by atoms with Crippen molar-refractivity contribution in [3.8, 4) is 5.75 Å². The minimum Gasteiger partial charge on any atom is -0.497 e. The molecule has 0 bridgehead atoms. The lowest BCUT2D eigenvalue weighted by atomic mass is 9.93. The molecule has 5 nitrogen and oxygen atoms in total. The van der Waals surface area contributed by atoms with Crippen LogP contribution in [0.15, 0.2) is 59.3 Å². The van der Waals surface area contributed by atoms with E-state index in [4.69, 9.17) is 9.15 Å². The number of hydrogen-bond donors (Lipinski definition) is 0. The summed E-state index contributed by atoms with van der Waals surface area (Å²) in [5.74, 6) is 1.86. The molecule has 0 aliphatic carbocycles. The summed E-state index contributed by atoms with van der Waals surface area (Å²) in [5, 5.41) is 0. The Morgan fingerprint density at radius 3 is 2.43 bits per heavy atom. The zero-order valence-corrected chi connectivity index (χ0v) is 18.6. The number of benzene rings is 1. The Morgan fingerprint density at radius 2 is 1.90 bits per heavy atom. The Labute approximate surface area is 178 Å². The number of aryl methyl sites for hydroxylation is 1. The molecular weight excluding hydrogens is 376 g/mol. The van der Waals surface area contributed by atoms with Gasteiger partial charge in [-0.3, -0.25) is 9.78 Å². The van der Waals surface area contributed by atoms with Gasteiger partial charge < -0.3 is 14.1 Å². The first-order chi connectivity index (χ1) is 14.2. The number of hydrogen-bond acceptors (Lipinski definition) is 4. The first-order valence-electron chi connectivity index (χ1n) is 10.2. The third kappa shape index (κ3) is 4.73. The second-order valence-corrected chi connectivity index (χ2v) is 8.62. The van der Waals surface area contributed by atoms with Crippen LogP contribution in [0, 0.1) is 6.92 Å². The Bertz CT molecular complexity index is 985. The number of pyridine rings is 1. The van der Waals surface area contributed by atoms with Crippen molar-refractivity contribution in [1.82, 2.24) is 9.88 Å². The van der Waals surface area contributed by atoms with E-state index in [0.29, 0.717) is 12.3 Å². The number of ether oxygens (including phenoxy) is 1. The molecule has 0 spiro atoms. The lowest BCUT2D eigenvalue weighted by Crippen LogP contribution is -2.33. The Kier molecular flexibility index (Phi) is 6.30. The van der Waals surface area contributed by atoms with Crippen molar-refractivity contribution >= 4 is 5.91 Å². The van der Waals surface area contributed by atoms with Gasteiger partial charge in [-0.1, -0.05) is 39.0 Å². The molecule has 3 rings (SSSR count). The summed E-state index contributed by atoms with van der Waals surface area (Å²) >= 11 is 0. The molecule has 1 unspecified atom stereocenters. The molecule has 2 heterocycles. The van der Waals surface area contributed by atoms with Crippen molar-refractivity contribution in [3.63, 3.8) is 0 Å². The van der Waals surface area contributed by atoms with E-state index in [1.54, 1.807) is 19.5 Å². The van der Waals surface area contributed by atoms with Crippen LogP contribution in [0.4, 0.5) is 0 Å². The van der Waals surface area contributed by atoms with Crippen molar-refractivity contribution in [3.05, 3.63) is 83.1 Å². The molecule has 3 aromatic rings. The number of nitrogens with zero attached hydrogens (tertiary/aromatic N) is 2. The minimum absolute atomic E-state index is 0.129. The smallest absolute Gasteiger partial charge is 0.290 e. The van der Waals surface area contributed by atoms with Gasteiger partial charge in [0, 0.05) is 29.9 Å². The van der Waals surface area contributed by atoms with Crippen LogP contribution in [0.25, 0.3) is 0 Å². The van der Waals surface area contributed by atoms with E-state index in [0.717, 1.165) is 28.2 Å². The van der Waals surface area contributed by atoms with Gasteiger partial charge in [-0.2, -0.15) is 0 Å². The lowest BCUT2D eigenvalue weighted by Gasteiger charge is -2.29. The van der Waals surface area contributed by atoms with Gasteiger partial charge in [0.25, 0.3) is 5.91 Å². The van der Waals surface area contributed by atoms with Gasteiger partial charge in [-0.15, -0.1) is 0 Å². The zero-order valence-electron chi connectivity index (χ0n) is 18.6. The number of aromatic nitrogens is 1. The average Bonchev–Trinajstić information content (AvgIpc) is 3.14. The summed E-state index contributed by atoms with van der Waals surface area (Å²) in [4.78, 5) is 19.7. The van der Waals surface area contributed by atoms with Gasteiger partial charge in [0.1, 0.15) is 11.5 Å². The van der Waals surface area contributed by atoms with Gasteiger partial charge in [0.2, 0.25) is 0 Å². The van der Waals surface area contributed by atoms with E-state index in [2.05, 4.69) is 25.8 Å². The van der Waals surface area contributed by atoms with Gasteiger partial charge in [0.05, 0.1) is 13.2 Å². The van der Waals surface area contributed by atoms with Crippen molar-refractivity contribution in [2.75, 3.05) is 7.11 Å². The fraction of sp³-hybridized carbons (Fsp3) is 0.360.